The van der Waals surface area contributed by atoms with Gasteiger partial charge in [-0.05, 0) is 0 Å². The summed E-state index contributed by atoms with van der Waals surface area (Å²) in [5.74, 6) is 0.874. The molecule has 3 rings (SSSR count). The van der Waals surface area contributed by atoms with Crippen molar-refractivity contribution in [3.63, 3.8) is 0 Å². The second-order valence-electron chi connectivity index (χ2n) is 5.80. The Labute approximate surface area is 152 Å². The number of hydrogen-bond acceptors (Lipinski definition) is 5. The van der Waals surface area contributed by atoms with Crippen molar-refractivity contribution in [3.05, 3.63) is 41.4 Å². The van der Waals surface area contributed by atoms with Crippen molar-refractivity contribution in [2.45, 2.75) is 12.6 Å². The average molecular weight is 360 g/mol. The van der Waals surface area contributed by atoms with E-state index in [0.717, 1.165) is 35.3 Å². The molecule has 7 heteroatoms. The zero-order chi connectivity index (χ0) is 17.5. The summed E-state index contributed by atoms with van der Waals surface area (Å²) in [6, 6.07) is 10.2. The van der Waals surface area contributed by atoms with Gasteiger partial charge in [-0.2, -0.15) is 0 Å². The number of guanidine groups is 1. The van der Waals surface area contributed by atoms with Crippen LogP contribution in [-0.2, 0) is 16.0 Å². The maximum Gasteiger partial charge on any atom is 0.194 e. The lowest BCUT2D eigenvalue weighted by molar-refractivity contribution is -0.0447. The normalized spacial score (nSPS) is 18.4. The van der Waals surface area contributed by atoms with Crippen molar-refractivity contribution >= 4 is 17.3 Å². The molecule has 1 aromatic carbocycles. The number of methoxy groups -OCH3 is 1. The topological polar surface area (TPSA) is 59.0 Å². The molecular formula is C18H24N4O2S. The molecule has 0 radical (unpaired) electrons. The van der Waals surface area contributed by atoms with E-state index in [1.54, 1.807) is 25.5 Å². The first kappa shape index (κ1) is 17.8. The fraction of sp³-hybridized carbons (Fsp3) is 0.444. The van der Waals surface area contributed by atoms with Gasteiger partial charge in [0.2, 0.25) is 0 Å². The smallest absolute Gasteiger partial charge is 0.194 e. The number of hydrogen-bond donors (Lipinski definition) is 1. The molecule has 0 bridgehead atoms. The van der Waals surface area contributed by atoms with Gasteiger partial charge in [0.15, 0.2) is 5.96 Å². The number of morpholine rings is 1. The third-order valence-electron chi connectivity index (χ3n) is 4.00. The van der Waals surface area contributed by atoms with Crippen LogP contribution in [0.4, 0.5) is 0 Å². The van der Waals surface area contributed by atoms with Crippen LogP contribution < -0.4 is 5.32 Å². The molecular weight excluding hydrogens is 336 g/mol. The summed E-state index contributed by atoms with van der Waals surface area (Å²) in [6.45, 7) is 3.54. The number of benzene rings is 1. The zero-order valence-corrected chi connectivity index (χ0v) is 15.5. The highest BCUT2D eigenvalue weighted by Gasteiger charge is 2.22. The first-order valence-corrected chi connectivity index (χ1v) is 9.24. The van der Waals surface area contributed by atoms with Crippen LogP contribution in [0, 0.1) is 0 Å². The van der Waals surface area contributed by atoms with Gasteiger partial charge in [-0.25, -0.2) is 4.98 Å². The summed E-state index contributed by atoms with van der Waals surface area (Å²) in [5.41, 5.74) is 2.17. The van der Waals surface area contributed by atoms with Gasteiger partial charge in [0.25, 0.3) is 0 Å². The van der Waals surface area contributed by atoms with Crippen LogP contribution in [0.15, 0.2) is 40.7 Å². The standard InChI is InChI=1S/C18H24N4O2S/c1-19-18(22-8-9-24-16(11-22)12-23-2)20-10-15-13-25-17(21-15)14-6-4-3-5-7-14/h3-7,13,16H,8-12H2,1-2H3,(H,19,20). The second kappa shape index (κ2) is 8.94. The highest BCUT2D eigenvalue weighted by atomic mass is 32.1. The third-order valence-corrected chi connectivity index (χ3v) is 4.94. The van der Waals surface area contributed by atoms with E-state index >= 15 is 0 Å². The van der Waals surface area contributed by atoms with Gasteiger partial charge in [0.05, 0.1) is 31.6 Å². The molecule has 2 heterocycles. The van der Waals surface area contributed by atoms with E-state index in [1.807, 2.05) is 18.2 Å². The van der Waals surface area contributed by atoms with Gasteiger partial charge in [0.1, 0.15) is 5.01 Å². The van der Waals surface area contributed by atoms with Crippen LogP contribution in [-0.4, -0.2) is 62.4 Å². The third kappa shape index (κ3) is 4.78. The van der Waals surface area contributed by atoms with Crippen molar-refractivity contribution in [3.8, 4) is 10.6 Å². The highest BCUT2D eigenvalue weighted by molar-refractivity contribution is 7.13. The maximum absolute atomic E-state index is 5.70. The van der Waals surface area contributed by atoms with E-state index in [-0.39, 0.29) is 6.10 Å². The Balaban J connectivity index is 1.57. The Morgan fingerprint density at radius 3 is 3.04 bits per heavy atom. The number of thiazole rings is 1. The number of aromatic nitrogens is 1. The molecule has 0 aliphatic carbocycles. The minimum absolute atomic E-state index is 0.0845. The predicted molar refractivity (Wildman–Crippen MR) is 101 cm³/mol. The number of ether oxygens (including phenoxy) is 2. The van der Waals surface area contributed by atoms with E-state index in [0.29, 0.717) is 19.8 Å². The summed E-state index contributed by atoms with van der Waals surface area (Å²) >= 11 is 1.66. The molecule has 1 fully saturated rings. The number of rotatable bonds is 5. The van der Waals surface area contributed by atoms with Crippen LogP contribution >= 0.6 is 11.3 Å². The van der Waals surface area contributed by atoms with Gasteiger partial charge in [-0.1, -0.05) is 30.3 Å². The fourth-order valence-electron chi connectivity index (χ4n) is 2.80. The number of nitrogens with zero attached hydrogens (tertiary/aromatic N) is 3. The molecule has 1 aromatic heterocycles. The van der Waals surface area contributed by atoms with E-state index in [4.69, 9.17) is 14.5 Å². The molecule has 1 unspecified atom stereocenters. The van der Waals surface area contributed by atoms with Crippen LogP contribution in [0.5, 0.6) is 0 Å². The minimum atomic E-state index is 0.0845. The van der Waals surface area contributed by atoms with Gasteiger partial charge in [-0.3, -0.25) is 4.99 Å². The molecule has 2 aromatic rings. The van der Waals surface area contributed by atoms with Gasteiger partial charge in [0, 0.05) is 38.2 Å². The van der Waals surface area contributed by atoms with Crippen LogP contribution in [0.25, 0.3) is 10.6 Å². The highest BCUT2D eigenvalue weighted by Crippen LogP contribution is 2.23. The zero-order valence-electron chi connectivity index (χ0n) is 14.6. The Morgan fingerprint density at radius 1 is 1.44 bits per heavy atom. The maximum atomic E-state index is 5.70. The summed E-state index contributed by atoms with van der Waals surface area (Å²) in [5, 5.41) is 6.54. The molecule has 0 amide bonds. The lowest BCUT2D eigenvalue weighted by atomic mass is 10.2. The molecule has 25 heavy (non-hydrogen) atoms. The fourth-order valence-corrected chi connectivity index (χ4v) is 3.63. The minimum Gasteiger partial charge on any atom is -0.382 e. The largest absolute Gasteiger partial charge is 0.382 e. The quantitative estimate of drug-likeness (QED) is 0.655. The molecule has 1 saturated heterocycles. The Bertz CT molecular complexity index is 687. The first-order valence-electron chi connectivity index (χ1n) is 8.36. The van der Waals surface area contributed by atoms with Crippen molar-refractivity contribution in [1.29, 1.82) is 0 Å². The molecule has 1 aliphatic heterocycles. The van der Waals surface area contributed by atoms with E-state index in [2.05, 4.69) is 32.7 Å². The Hall–Kier alpha value is -1.96. The molecule has 1 aliphatic rings. The monoisotopic (exact) mass is 360 g/mol. The molecule has 0 saturated carbocycles. The second-order valence-corrected chi connectivity index (χ2v) is 6.66. The van der Waals surface area contributed by atoms with Crippen LogP contribution in [0.3, 0.4) is 0 Å². The summed E-state index contributed by atoms with van der Waals surface area (Å²) < 4.78 is 10.9. The Kier molecular flexibility index (Phi) is 6.38. The lowest BCUT2D eigenvalue weighted by Crippen LogP contribution is -2.51. The summed E-state index contributed by atoms with van der Waals surface area (Å²) in [7, 11) is 3.50. The summed E-state index contributed by atoms with van der Waals surface area (Å²) in [6.07, 6.45) is 0.0845. The number of nitrogens with one attached hydrogen (secondary N) is 1. The molecule has 134 valence electrons. The molecule has 1 atom stereocenters. The van der Waals surface area contributed by atoms with Gasteiger partial charge >= 0.3 is 0 Å². The summed E-state index contributed by atoms with van der Waals surface area (Å²) in [4.78, 5) is 11.3. The van der Waals surface area contributed by atoms with E-state index in [1.165, 1.54) is 0 Å². The molecule has 6 nitrogen and oxygen atoms in total. The van der Waals surface area contributed by atoms with Crippen LogP contribution in [0.2, 0.25) is 0 Å². The first-order chi connectivity index (χ1) is 12.3. The molecule has 1 N–H and O–H groups in total. The van der Waals surface area contributed by atoms with Crippen molar-refractivity contribution in [2.75, 3.05) is 40.5 Å². The van der Waals surface area contributed by atoms with Crippen LogP contribution in [0.1, 0.15) is 5.69 Å². The Morgan fingerprint density at radius 2 is 2.28 bits per heavy atom. The number of aliphatic imine (C=N–C) groups is 1. The van der Waals surface area contributed by atoms with Crippen molar-refractivity contribution in [2.24, 2.45) is 4.99 Å². The van der Waals surface area contributed by atoms with Crippen molar-refractivity contribution < 1.29 is 9.47 Å². The van der Waals surface area contributed by atoms with Gasteiger partial charge in [-0.15, -0.1) is 11.3 Å². The SMILES string of the molecule is CN=C(NCc1csc(-c2ccccc2)n1)N1CCOC(COC)C1. The van der Waals surface area contributed by atoms with Gasteiger partial charge < -0.3 is 19.7 Å². The lowest BCUT2D eigenvalue weighted by Gasteiger charge is -2.34. The van der Waals surface area contributed by atoms with E-state index < -0.39 is 0 Å². The molecule has 0 spiro atoms. The van der Waals surface area contributed by atoms with Crippen molar-refractivity contribution in [1.82, 2.24) is 15.2 Å². The van der Waals surface area contributed by atoms with E-state index in [9.17, 15) is 0 Å². The predicted octanol–water partition coefficient (Wildman–Crippen LogP) is 2.23. The average Bonchev–Trinajstić information content (AvgIpc) is 3.13.